The summed E-state index contributed by atoms with van der Waals surface area (Å²) in [5.41, 5.74) is 1.98. The monoisotopic (exact) mass is 456 g/mol. The average Bonchev–Trinajstić information content (AvgIpc) is 2.75. The molecule has 1 aromatic carbocycles. The number of nitrogens with two attached hydrogens (primary N) is 1. The summed E-state index contributed by atoms with van der Waals surface area (Å²) in [4.78, 5) is 32.0. The van der Waals surface area contributed by atoms with Crippen molar-refractivity contribution in [3.63, 3.8) is 0 Å². The predicted octanol–water partition coefficient (Wildman–Crippen LogP) is 1.53. The number of carbonyl (C=O) groups excluding carboxylic acids is 1. The maximum atomic E-state index is 12.9. The van der Waals surface area contributed by atoms with Crippen molar-refractivity contribution in [1.82, 2.24) is 9.97 Å². The van der Waals surface area contributed by atoms with Gasteiger partial charge in [-0.3, -0.25) is 9.59 Å². The summed E-state index contributed by atoms with van der Waals surface area (Å²) < 4.78 is 28.3. The molecule has 0 unspecified atom stereocenters. The van der Waals surface area contributed by atoms with Crippen LogP contribution in [0.25, 0.3) is 0 Å². The predicted molar refractivity (Wildman–Crippen MR) is 119 cm³/mol. The van der Waals surface area contributed by atoms with E-state index in [0.717, 1.165) is 11.3 Å². The quantitative estimate of drug-likeness (QED) is 0.385. The zero-order valence-corrected chi connectivity index (χ0v) is 17.7. The number of rotatable bonds is 5. The molecule has 11 nitrogen and oxygen atoms in total. The smallest absolute Gasteiger partial charge is 0.263 e. The standard InChI is InChI=1S/C20H20N6O5S/c1-11-15(10-24-20-17(11)22-8-9-31-20)26-14-6-7-23-18(27)16(14)19(28)25-12-2-4-13(5-3-12)32(21,29)30/h2-7,10,22H,8-9H2,1H3,(H,25,28)(H2,21,29,30)(H2,23,26,27). The number of amides is 1. The molecule has 0 radical (unpaired) electrons. The highest BCUT2D eigenvalue weighted by atomic mass is 32.2. The zero-order chi connectivity index (χ0) is 22.9. The van der Waals surface area contributed by atoms with Gasteiger partial charge in [-0.15, -0.1) is 0 Å². The van der Waals surface area contributed by atoms with E-state index >= 15 is 0 Å². The van der Waals surface area contributed by atoms with Gasteiger partial charge in [0.1, 0.15) is 17.9 Å². The Labute approximate surface area is 183 Å². The normalized spacial score (nSPS) is 12.8. The van der Waals surface area contributed by atoms with Crippen LogP contribution in [0, 0.1) is 6.92 Å². The van der Waals surface area contributed by atoms with Crippen LogP contribution >= 0.6 is 0 Å². The molecule has 3 heterocycles. The van der Waals surface area contributed by atoms with Crippen LogP contribution in [0.3, 0.4) is 0 Å². The molecule has 0 aliphatic carbocycles. The SMILES string of the molecule is Cc1c(Nc2cc[nH]c(=O)c2C(=O)Nc2ccc(S(N)(=O)=O)cc2)cnc2c1NCCO2. The minimum Gasteiger partial charge on any atom is -0.474 e. The van der Waals surface area contributed by atoms with Gasteiger partial charge in [0.25, 0.3) is 11.5 Å². The third-order valence-electron chi connectivity index (χ3n) is 4.84. The Morgan fingerprint density at radius 1 is 1.19 bits per heavy atom. The van der Waals surface area contributed by atoms with Crippen LogP contribution in [0.1, 0.15) is 15.9 Å². The highest BCUT2D eigenvalue weighted by molar-refractivity contribution is 7.89. The second-order valence-electron chi connectivity index (χ2n) is 7.00. The number of carbonyl (C=O) groups is 1. The van der Waals surface area contributed by atoms with Crippen LogP contribution in [0.2, 0.25) is 0 Å². The van der Waals surface area contributed by atoms with E-state index in [2.05, 4.69) is 25.9 Å². The van der Waals surface area contributed by atoms with E-state index < -0.39 is 21.5 Å². The number of ether oxygens (including phenoxy) is 1. The molecule has 4 rings (SSSR count). The minimum atomic E-state index is -3.86. The number of primary sulfonamides is 1. The van der Waals surface area contributed by atoms with Gasteiger partial charge in [0.2, 0.25) is 15.9 Å². The summed E-state index contributed by atoms with van der Waals surface area (Å²) in [7, 11) is -3.86. The number of aromatic nitrogens is 2. The molecule has 0 saturated heterocycles. The lowest BCUT2D eigenvalue weighted by atomic mass is 10.1. The Balaban J connectivity index is 1.62. The van der Waals surface area contributed by atoms with E-state index in [4.69, 9.17) is 9.88 Å². The fourth-order valence-corrected chi connectivity index (χ4v) is 3.74. The lowest BCUT2D eigenvalue weighted by molar-refractivity contribution is 0.102. The first kappa shape index (κ1) is 21.3. The van der Waals surface area contributed by atoms with Crippen molar-refractivity contribution in [2.45, 2.75) is 11.8 Å². The zero-order valence-electron chi connectivity index (χ0n) is 16.9. The van der Waals surface area contributed by atoms with E-state index in [1.165, 1.54) is 30.5 Å². The first-order chi connectivity index (χ1) is 15.2. The molecule has 2 aromatic heterocycles. The van der Waals surface area contributed by atoms with E-state index in [9.17, 15) is 18.0 Å². The van der Waals surface area contributed by atoms with Crippen molar-refractivity contribution >= 4 is 38.7 Å². The molecule has 32 heavy (non-hydrogen) atoms. The van der Waals surface area contributed by atoms with Crippen LogP contribution in [-0.4, -0.2) is 37.4 Å². The number of sulfonamides is 1. The van der Waals surface area contributed by atoms with Gasteiger partial charge in [-0.1, -0.05) is 0 Å². The number of nitrogens with one attached hydrogen (secondary N) is 4. The molecule has 0 spiro atoms. The Hall–Kier alpha value is -3.90. The third-order valence-corrected chi connectivity index (χ3v) is 5.77. The number of hydrogen-bond acceptors (Lipinski definition) is 8. The van der Waals surface area contributed by atoms with Crippen molar-refractivity contribution < 1.29 is 17.9 Å². The fourth-order valence-electron chi connectivity index (χ4n) is 3.22. The van der Waals surface area contributed by atoms with Crippen LogP contribution in [0.4, 0.5) is 22.7 Å². The number of aromatic amines is 1. The summed E-state index contributed by atoms with van der Waals surface area (Å²) in [5.74, 6) is -0.186. The summed E-state index contributed by atoms with van der Waals surface area (Å²) in [5, 5.41) is 14.0. The molecule has 6 N–H and O–H groups in total. The third kappa shape index (κ3) is 4.26. The number of nitrogens with zero attached hydrogens (tertiary/aromatic N) is 1. The maximum absolute atomic E-state index is 12.9. The Bertz CT molecular complexity index is 1350. The van der Waals surface area contributed by atoms with Crippen molar-refractivity contribution in [3.8, 4) is 5.88 Å². The lowest BCUT2D eigenvalue weighted by Gasteiger charge is -2.22. The summed E-state index contributed by atoms with van der Waals surface area (Å²) in [6.45, 7) is 3.02. The van der Waals surface area contributed by atoms with Gasteiger partial charge in [0.15, 0.2) is 0 Å². The lowest BCUT2D eigenvalue weighted by Crippen LogP contribution is -2.25. The van der Waals surface area contributed by atoms with Crippen LogP contribution in [0.5, 0.6) is 5.88 Å². The van der Waals surface area contributed by atoms with Crippen LogP contribution in [0.15, 0.2) is 52.4 Å². The molecular weight excluding hydrogens is 436 g/mol. The highest BCUT2D eigenvalue weighted by Gasteiger charge is 2.20. The molecular formula is C20H20N6O5S. The topological polar surface area (TPSA) is 168 Å². The number of anilines is 4. The Morgan fingerprint density at radius 3 is 2.66 bits per heavy atom. The molecule has 1 amide bonds. The van der Waals surface area contributed by atoms with Crippen molar-refractivity contribution in [2.75, 3.05) is 29.1 Å². The largest absolute Gasteiger partial charge is 0.474 e. The van der Waals surface area contributed by atoms with Gasteiger partial charge in [0.05, 0.1) is 22.5 Å². The molecule has 0 atom stereocenters. The maximum Gasteiger partial charge on any atom is 0.263 e. The molecule has 1 aliphatic heterocycles. The molecule has 0 fully saturated rings. The molecule has 3 aromatic rings. The average molecular weight is 456 g/mol. The first-order valence-corrected chi connectivity index (χ1v) is 11.1. The van der Waals surface area contributed by atoms with Gasteiger partial charge in [0, 0.05) is 24.0 Å². The van der Waals surface area contributed by atoms with Gasteiger partial charge >= 0.3 is 0 Å². The number of fused-ring (bicyclic) bond motifs is 1. The van der Waals surface area contributed by atoms with E-state index in [1.807, 2.05) is 6.92 Å². The van der Waals surface area contributed by atoms with Crippen molar-refractivity contribution in [3.05, 3.63) is 64.2 Å². The number of pyridine rings is 2. The molecule has 1 aliphatic rings. The fraction of sp³-hybridized carbons (Fsp3) is 0.150. The highest BCUT2D eigenvalue weighted by Crippen LogP contribution is 2.34. The first-order valence-electron chi connectivity index (χ1n) is 9.53. The number of H-pyrrole nitrogens is 1. The summed E-state index contributed by atoms with van der Waals surface area (Å²) in [6, 6.07) is 6.84. The van der Waals surface area contributed by atoms with Crippen molar-refractivity contribution in [2.24, 2.45) is 5.14 Å². The van der Waals surface area contributed by atoms with E-state index in [1.54, 1.807) is 12.3 Å². The van der Waals surface area contributed by atoms with Gasteiger partial charge < -0.3 is 25.7 Å². The van der Waals surface area contributed by atoms with Crippen LogP contribution in [-0.2, 0) is 10.0 Å². The second-order valence-corrected chi connectivity index (χ2v) is 8.56. The molecule has 0 bridgehead atoms. The molecule has 12 heteroatoms. The molecule has 166 valence electrons. The Morgan fingerprint density at radius 2 is 1.94 bits per heavy atom. The number of benzene rings is 1. The number of hydrogen-bond donors (Lipinski definition) is 5. The van der Waals surface area contributed by atoms with Gasteiger partial charge in [-0.05, 0) is 37.3 Å². The van der Waals surface area contributed by atoms with E-state index in [-0.39, 0.29) is 16.1 Å². The summed E-state index contributed by atoms with van der Waals surface area (Å²) >= 11 is 0. The second kappa shape index (κ2) is 8.32. The Kier molecular flexibility index (Phi) is 5.55. The summed E-state index contributed by atoms with van der Waals surface area (Å²) in [6.07, 6.45) is 2.99. The van der Waals surface area contributed by atoms with Crippen molar-refractivity contribution in [1.29, 1.82) is 0 Å². The van der Waals surface area contributed by atoms with Crippen LogP contribution < -0.4 is 31.4 Å². The minimum absolute atomic E-state index is 0.0941. The van der Waals surface area contributed by atoms with Gasteiger partial charge in [-0.25, -0.2) is 18.5 Å². The molecule has 0 saturated carbocycles. The van der Waals surface area contributed by atoms with Gasteiger partial charge in [-0.2, -0.15) is 0 Å². The van der Waals surface area contributed by atoms with E-state index in [0.29, 0.717) is 30.4 Å².